The van der Waals surface area contributed by atoms with Gasteiger partial charge in [0.05, 0.1) is 6.42 Å². The fraction of sp³-hybridized carbons (Fsp3) is 0.526. The second-order valence-corrected chi connectivity index (χ2v) is 7.02. The van der Waals surface area contributed by atoms with Gasteiger partial charge in [-0.2, -0.15) is 0 Å². The zero-order chi connectivity index (χ0) is 18.6. The predicted octanol–water partition coefficient (Wildman–Crippen LogP) is 2.92. The van der Waals surface area contributed by atoms with Crippen molar-refractivity contribution in [1.82, 2.24) is 4.90 Å². The standard InChI is InChI=1S/C19H26N2O4/c1-12-5-4-8-21(11-12)19(25)15-6-7-16(13(2)9-15)20-18(24)14(3)10-17(22)23/h6-7,9,12,14H,4-5,8,10-11H2,1-3H3,(H,20,24)(H,22,23). The van der Waals surface area contributed by atoms with Crippen molar-refractivity contribution in [2.75, 3.05) is 18.4 Å². The van der Waals surface area contributed by atoms with E-state index in [-0.39, 0.29) is 18.2 Å². The van der Waals surface area contributed by atoms with E-state index in [0.29, 0.717) is 17.2 Å². The van der Waals surface area contributed by atoms with Gasteiger partial charge in [0.25, 0.3) is 5.91 Å². The maximum atomic E-state index is 12.6. The maximum absolute atomic E-state index is 12.6. The summed E-state index contributed by atoms with van der Waals surface area (Å²) >= 11 is 0. The highest BCUT2D eigenvalue weighted by molar-refractivity contribution is 5.97. The first-order chi connectivity index (χ1) is 11.8. The van der Waals surface area contributed by atoms with E-state index in [9.17, 15) is 14.4 Å². The molecule has 0 bridgehead atoms. The van der Waals surface area contributed by atoms with E-state index in [1.807, 2.05) is 11.8 Å². The van der Waals surface area contributed by atoms with Crippen LogP contribution in [0.4, 0.5) is 5.69 Å². The Hall–Kier alpha value is -2.37. The summed E-state index contributed by atoms with van der Waals surface area (Å²) in [6.07, 6.45) is 1.97. The van der Waals surface area contributed by atoms with Crippen LogP contribution in [0.3, 0.4) is 0 Å². The predicted molar refractivity (Wildman–Crippen MR) is 95.5 cm³/mol. The Labute approximate surface area is 148 Å². The molecule has 6 nitrogen and oxygen atoms in total. The molecule has 1 aromatic rings. The maximum Gasteiger partial charge on any atom is 0.304 e. The van der Waals surface area contributed by atoms with E-state index in [2.05, 4.69) is 12.2 Å². The summed E-state index contributed by atoms with van der Waals surface area (Å²) in [4.78, 5) is 37.3. The Balaban J connectivity index is 2.06. The van der Waals surface area contributed by atoms with Crippen LogP contribution in [0.25, 0.3) is 0 Å². The molecule has 0 radical (unpaired) electrons. The lowest BCUT2D eigenvalue weighted by atomic mass is 9.99. The first-order valence-corrected chi connectivity index (χ1v) is 8.70. The summed E-state index contributed by atoms with van der Waals surface area (Å²) in [6.45, 7) is 7.12. The zero-order valence-electron chi connectivity index (χ0n) is 15.0. The zero-order valence-corrected chi connectivity index (χ0v) is 15.0. The van der Waals surface area contributed by atoms with Gasteiger partial charge in [-0.3, -0.25) is 14.4 Å². The summed E-state index contributed by atoms with van der Waals surface area (Å²) in [7, 11) is 0. The number of aryl methyl sites for hydroxylation is 1. The summed E-state index contributed by atoms with van der Waals surface area (Å²) < 4.78 is 0. The molecule has 1 aliphatic heterocycles. The molecular weight excluding hydrogens is 320 g/mol. The molecule has 2 unspecified atom stereocenters. The number of carbonyl (C=O) groups is 3. The van der Waals surface area contributed by atoms with Gasteiger partial charge in [0.1, 0.15) is 0 Å². The number of nitrogens with zero attached hydrogens (tertiary/aromatic N) is 1. The molecule has 0 aromatic heterocycles. The number of carboxylic acids is 1. The van der Waals surface area contributed by atoms with Gasteiger partial charge in [0, 0.05) is 30.3 Å². The number of anilines is 1. The van der Waals surface area contributed by atoms with Crippen molar-refractivity contribution in [3.05, 3.63) is 29.3 Å². The molecule has 2 N–H and O–H groups in total. The van der Waals surface area contributed by atoms with Crippen LogP contribution in [0.5, 0.6) is 0 Å². The molecular formula is C19H26N2O4. The van der Waals surface area contributed by atoms with E-state index >= 15 is 0 Å². The highest BCUT2D eigenvalue weighted by atomic mass is 16.4. The Morgan fingerprint density at radius 3 is 2.68 bits per heavy atom. The first-order valence-electron chi connectivity index (χ1n) is 8.70. The average molecular weight is 346 g/mol. The largest absolute Gasteiger partial charge is 0.481 e. The smallest absolute Gasteiger partial charge is 0.304 e. The van der Waals surface area contributed by atoms with Gasteiger partial charge in [-0.15, -0.1) is 0 Å². The highest BCUT2D eigenvalue weighted by Gasteiger charge is 2.23. The number of hydrogen-bond acceptors (Lipinski definition) is 3. The summed E-state index contributed by atoms with van der Waals surface area (Å²) in [5, 5.41) is 11.5. The molecule has 2 amide bonds. The molecule has 0 aliphatic carbocycles. The second-order valence-electron chi connectivity index (χ2n) is 7.02. The molecule has 1 saturated heterocycles. The molecule has 6 heteroatoms. The fourth-order valence-electron chi connectivity index (χ4n) is 3.10. The summed E-state index contributed by atoms with van der Waals surface area (Å²) in [5.74, 6) is -1.42. The molecule has 0 saturated carbocycles. The van der Waals surface area contributed by atoms with Crippen molar-refractivity contribution in [2.24, 2.45) is 11.8 Å². The Morgan fingerprint density at radius 1 is 1.36 bits per heavy atom. The van der Waals surface area contributed by atoms with Crippen LogP contribution in [0.1, 0.15) is 49.0 Å². The van der Waals surface area contributed by atoms with E-state index in [4.69, 9.17) is 5.11 Å². The Bertz CT molecular complexity index is 671. The molecule has 25 heavy (non-hydrogen) atoms. The topological polar surface area (TPSA) is 86.7 Å². The van der Waals surface area contributed by atoms with Gasteiger partial charge in [0.2, 0.25) is 5.91 Å². The van der Waals surface area contributed by atoms with Gasteiger partial charge in [0.15, 0.2) is 0 Å². The normalized spacial score (nSPS) is 18.5. The molecule has 2 rings (SSSR count). The Kier molecular flexibility index (Phi) is 6.17. The fourth-order valence-corrected chi connectivity index (χ4v) is 3.10. The number of likely N-dealkylation sites (tertiary alicyclic amines) is 1. The van der Waals surface area contributed by atoms with Crippen LogP contribution in [0.2, 0.25) is 0 Å². The average Bonchev–Trinajstić information content (AvgIpc) is 2.55. The third-order valence-electron chi connectivity index (χ3n) is 4.60. The third-order valence-corrected chi connectivity index (χ3v) is 4.60. The van der Waals surface area contributed by atoms with Crippen molar-refractivity contribution >= 4 is 23.5 Å². The Morgan fingerprint density at radius 2 is 2.08 bits per heavy atom. The molecule has 136 valence electrons. The molecule has 1 fully saturated rings. The number of piperidine rings is 1. The van der Waals surface area contributed by atoms with Crippen LogP contribution in [-0.4, -0.2) is 40.9 Å². The number of hydrogen-bond donors (Lipinski definition) is 2. The van der Waals surface area contributed by atoms with Gasteiger partial charge in [-0.1, -0.05) is 13.8 Å². The van der Waals surface area contributed by atoms with Crippen molar-refractivity contribution in [1.29, 1.82) is 0 Å². The van der Waals surface area contributed by atoms with E-state index in [1.165, 1.54) is 0 Å². The minimum Gasteiger partial charge on any atom is -0.481 e. The second kappa shape index (κ2) is 8.14. The number of aliphatic carboxylic acids is 1. The van der Waals surface area contributed by atoms with Crippen LogP contribution in [0, 0.1) is 18.8 Å². The number of carbonyl (C=O) groups excluding carboxylic acids is 2. The van der Waals surface area contributed by atoms with E-state index in [1.54, 1.807) is 25.1 Å². The number of carboxylic acid groups (broad SMARTS) is 1. The van der Waals surface area contributed by atoms with Crippen LogP contribution < -0.4 is 5.32 Å². The number of benzene rings is 1. The molecule has 2 atom stereocenters. The summed E-state index contributed by atoms with van der Waals surface area (Å²) in [5.41, 5.74) is 2.00. The van der Waals surface area contributed by atoms with Gasteiger partial charge in [-0.25, -0.2) is 0 Å². The van der Waals surface area contributed by atoms with Crippen molar-refractivity contribution < 1.29 is 19.5 Å². The first kappa shape index (κ1) is 19.0. The lowest BCUT2D eigenvalue weighted by molar-refractivity contribution is -0.139. The molecule has 1 aliphatic rings. The lowest BCUT2D eigenvalue weighted by Gasteiger charge is -2.31. The quantitative estimate of drug-likeness (QED) is 0.858. The lowest BCUT2D eigenvalue weighted by Crippen LogP contribution is -2.39. The van der Waals surface area contributed by atoms with Crippen molar-refractivity contribution in [3.8, 4) is 0 Å². The van der Waals surface area contributed by atoms with Gasteiger partial charge < -0.3 is 15.3 Å². The number of rotatable bonds is 5. The monoisotopic (exact) mass is 346 g/mol. The summed E-state index contributed by atoms with van der Waals surface area (Å²) in [6, 6.07) is 5.20. The van der Waals surface area contributed by atoms with E-state index in [0.717, 1.165) is 31.5 Å². The third kappa shape index (κ3) is 5.05. The van der Waals surface area contributed by atoms with Gasteiger partial charge >= 0.3 is 5.97 Å². The minimum absolute atomic E-state index is 0.0202. The van der Waals surface area contributed by atoms with Gasteiger partial charge in [-0.05, 0) is 49.4 Å². The van der Waals surface area contributed by atoms with Crippen molar-refractivity contribution in [3.63, 3.8) is 0 Å². The molecule has 1 aromatic carbocycles. The molecule has 1 heterocycles. The van der Waals surface area contributed by atoms with Crippen LogP contribution >= 0.6 is 0 Å². The van der Waals surface area contributed by atoms with Crippen LogP contribution in [0.15, 0.2) is 18.2 Å². The molecule has 0 spiro atoms. The number of amides is 2. The minimum atomic E-state index is -1.00. The van der Waals surface area contributed by atoms with Crippen molar-refractivity contribution in [2.45, 2.75) is 40.0 Å². The SMILES string of the molecule is Cc1cc(C(=O)N2CCCC(C)C2)ccc1NC(=O)C(C)CC(=O)O. The number of nitrogens with one attached hydrogen (secondary N) is 1. The highest BCUT2D eigenvalue weighted by Crippen LogP contribution is 2.22. The van der Waals surface area contributed by atoms with Crippen LogP contribution in [-0.2, 0) is 9.59 Å². The van der Waals surface area contributed by atoms with E-state index < -0.39 is 11.9 Å².